The van der Waals surface area contributed by atoms with Gasteiger partial charge in [0.15, 0.2) is 0 Å². The molecular weight excluding hydrogens is 218 g/mol. The summed E-state index contributed by atoms with van der Waals surface area (Å²) in [5.41, 5.74) is 3.05. The van der Waals surface area contributed by atoms with Crippen molar-refractivity contribution in [1.29, 1.82) is 0 Å². The van der Waals surface area contributed by atoms with E-state index in [9.17, 15) is 9.90 Å². The predicted molar refractivity (Wildman–Crippen MR) is 65.4 cm³/mol. The second-order valence-electron chi connectivity index (χ2n) is 4.17. The van der Waals surface area contributed by atoms with E-state index in [0.717, 1.165) is 22.2 Å². The summed E-state index contributed by atoms with van der Waals surface area (Å²) in [6, 6.07) is 3.48. The molecule has 1 heterocycles. The standard InChI is InChI=1S/C13H15NO3/c1-7-5-10-9(6-11(7)15)12(13(16)17-4)8(2)14(10)3/h5-6,15H,1-4H3. The Morgan fingerprint density at radius 3 is 2.59 bits per heavy atom. The van der Waals surface area contributed by atoms with Crippen molar-refractivity contribution in [3.8, 4) is 5.75 Å². The Morgan fingerprint density at radius 1 is 1.35 bits per heavy atom. The average Bonchev–Trinajstić information content (AvgIpc) is 2.53. The number of methoxy groups -OCH3 is 1. The molecule has 0 bridgehead atoms. The van der Waals surface area contributed by atoms with Crippen LogP contribution in [0, 0.1) is 13.8 Å². The van der Waals surface area contributed by atoms with E-state index in [4.69, 9.17) is 4.74 Å². The van der Waals surface area contributed by atoms with Crippen LogP contribution in [0.3, 0.4) is 0 Å². The highest BCUT2D eigenvalue weighted by atomic mass is 16.5. The summed E-state index contributed by atoms with van der Waals surface area (Å²) < 4.78 is 6.70. The number of hydrogen-bond donors (Lipinski definition) is 1. The van der Waals surface area contributed by atoms with E-state index in [1.165, 1.54) is 7.11 Å². The summed E-state index contributed by atoms with van der Waals surface area (Å²) in [4.78, 5) is 11.7. The molecule has 17 heavy (non-hydrogen) atoms. The molecule has 1 aromatic heterocycles. The fraction of sp³-hybridized carbons (Fsp3) is 0.308. The molecule has 0 aliphatic heterocycles. The van der Waals surface area contributed by atoms with Gasteiger partial charge < -0.3 is 14.4 Å². The summed E-state index contributed by atoms with van der Waals surface area (Å²) in [5.74, 6) is -0.190. The molecule has 4 heteroatoms. The maximum absolute atomic E-state index is 11.7. The van der Waals surface area contributed by atoms with Crippen LogP contribution in [0.1, 0.15) is 21.6 Å². The number of nitrogens with zero attached hydrogens (tertiary/aromatic N) is 1. The Kier molecular flexibility index (Phi) is 2.58. The van der Waals surface area contributed by atoms with Crippen molar-refractivity contribution < 1.29 is 14.6 Å². The molecule has 0 saturated heterocycles. The zero-order valence-electron chi connectivity index (χ0n) is 10.4. The Hall–Kier alpha value is -1.97. The monoisotopic (exact) mass is 233 g/mol. The first-order chi connectivity index (χ1) is 7.97. The summed E-state index contributed by atoms with van der Waals surface area (Å²) >= 11 is 0. The van der Waals surface area contributed by atoms with Crippen molar-refractivity contribution in [2.45, 2.75) is 13.8 Å². The third-order valence-corrected chi connectivity index (χ3v) is 3.20. The molecular formula is C13H15NO3. The molecule has 0 amide bonds. The number of phenols is 1. The van der Waals surface area contributed by atoms with Crippen molar-refractivity contribution in [1.82, 2.24) is 4.57 Å². The number of benzene rings is 1. The van der Waals surface area contributed by atoms with Gasteiger partial charge in [-0.1, -0.05) is 0 Å². The topological polar surface area (TPSA) is 51.5 Å². The average molecular weight is 233 g/mol. The van der Waals surface area contributed by atoms with Gasteiger partial charge in [0.25, 0.3) is 0 Å². The number of aromatic hydroxyl groups is 1. The number of aromatic nitrogens is 1. The summed E-state index contributed by atoms with van der Waals surface area (Å²) in [5, 5.41) is 10.5. The van der Waals surface area contributed by atoms with E-state index in [2.05, 4.69) is 0 Å². The number of hydrogen-bond acceptors (Lipinski definition) is 3. The van der Waals surface area contributed by atoms with Crippen LogP contribution < -0.4 is 0 Å². The molecule has 0 aliphatic rings. The van der Waals surface area contributed by atoms with Gasteiger partial charge in [-0.3, -0.25) is 0 Å². The van der Waals surface area contributed by atoms with Gasteiger partial charge in [0.1, 0.15) is 5.75 Å². The van der Waals surface area contributed by atoms with Gasteiger partial charge in [0, 0.05) is 23.6 Å². The predicted octanol–water partition coefficient (Wildman–Crippen LogP) is 2.29. The van der Waals surface area contributed by atoms with Crippen LogP contribution >= 0.6 is 0 Å². The maximum atomic E-state index is 11.7. The lowest BCUT2D eigenvalue weighted by Gasteiger charge is -2.01. The normalized spacial score (nSPS) is 10.8. The number of ether oxygens (including phenoxy) is 1. The molecule has 0 unspecified atom stereocenters. The Morgan fingerprint density at radius 2 is 2.00 bits per heavy atom. The first-order valence-electron chi connectivity index (χ1n) is 5.34. The van der Waals surface area contributed by atoms with Crippen molar-refractivity contribution in [3.05, 3.63) is 29.0 Å². The van der Waals surface area contributed by atoms with Crippen LogP contribution in [0.25, 0.3) is 10.9 Å². The second-order valence-corrected chi connectivity index (χ2v) is 4.17. The molecule has 2 rings (SSSR count). The van der Waals surface area contributed by atoms with Gasteiger partial charge in [-0.15, -0.1) is 0 Å². The van der Waals surface area contributed by atoms with E-state index < -0.39 is 0 Å². The molecule has 0 radical (unpaired) electrons. The molecule has 4 nitrogen and oxygen atoms in total. The Bertz CT molecular complexity index is 611. The highest BCUT2D eigenvalue weighted by molar-refractivity contribution is 6.06. The van der Waals surface area contributed by atoms with Gasteiger partial charge in [-0.25, -0.2) is 4.79 Å². The first kappa shape index (κ1) is 11.5. The largest absolute Gasteiger partial charge is 0.508 e. The number of carbonyl (C=O) groups excluding carboxylic acids is 1. The zero-order valence-corrected chi connectivity index (χ0v) is 10.4. The first-order valence-corrected chi connectivity index (χ1v) is 5.34. The summed E-state index contributed by atoms with van der Waals surface area (Å²) in [6.07, 6.45) is 0. The van der Waals surface area contributed by atoms with E-state index in [1.807, 2.05) is 31.5 Å². The van der Waals surface area contributed by atoms with Gasteiger partial charge in [0.2, 0.25) is 0 Å². The molecule has 1 aromatic carbocycles. The van der Waals surface area contributed by atoms with E-state index in [-0.39, 0.29) is 11.7 Å². The van der Waals surface area contributed by atoms with Gasteiger partial charge in [-0.05, 0) is 31.5 Å². The van der Waals surface area contributed by atoms with E-state index >= 15 is 0 Å². The number of rotatable bonds is 1. The van der Waals surface area contributed by atoms with Crippen molar-refractivity contribution in [2.24, 2.45) is 7.05 Å². The summed E-state index contributed by atoms with van der Waals surface area (Å²) in [6.45, 7) is 3.69. The third-order valence-electron chi connectivity index (χ3n) is 3.20. The van der Waals surface area contributed by atoms with Gasteiger partial charge in [-0.2, -0.15) is 0 Å². The van der Waals surface area contributed by atoms with Crippen LogP contribution in [0.2, 0.25) is 0 Å². The van der Waals surface area contributed by atoms with Crippen LogP contribution in [0.5, 0.6) is 5.75 Å². The molecule has 90 valence electrons. The molecule has 0 fully saturated rings. The molecule has 0 atom stereocenters. The number of phenolic OH excluding ortho intramolecular Hbond substituents is 1. The maximum Gasteiger partial charge on any atom is 0.340 e. The smallest absolute Gasteiger partial charge is 0.340 e. The van der Waals surface area contributed by atoms with Crippen molar-refractivity contribution in [2.75, 3.05) is 7.11 Å². The van der Waals surface area contributed by atoms with Crippen LogP contribution in [0.4, 0.5) is 0 Å². The van der Waals surface area contributed by atoms with Crippen LogP contribution in [0.15, 0.2) is 12.1 Å². The minimum absolute atomic E-state index is 0.188. The number of esters is 1. The molecule has 0 spiro atoms. The summed E-state index contributed by atoms with van der Waals surface area (Å²) in [7, 11) is 3.25. The fourth-order valence-electron chi connectivity index (χ4n) is 2.06. The Labute approximate surface area is 99.4 Å². The van der Waals surface area contributed by atoms with Crippen LogP contribution in [-0.2, 0) is 11.8 Å². The SMILES string of the molecule is COC(=O)c1c(C)n(C)c2cc(C)c(O)cc12. The van der Waals surface area contributed by atoms with Crippen molar-refractivity contribution in [3.63, 3.8) is 0 Å². The lowest BCUT2D eigenvalue weighted by molar-refractivity contribution is 0.0602. The quantitative estimate of drug-likeness (QED) is 0.769. The van der Waals surface area contributed by atoms with Gasteiger partial charge >= 0.3 is 5.97 Å². The number of aryl methyl sites for hydroxylation is 2. The van der Waals surface area contributed by atoms with E-state index in [1.54, 1.807) is 6.07 Å². The molecule has 0 aliphatic carbocycles. The Balaban J connectivity index is 2.89. The molecule has 2 aromatic rings. The van der Waals surface area contributed by atoms with Crippen LogP contribution in [-0.4, -0.2) is 22.8 Å². The lowest BCUT2D eigenvalue weighted by Crippen LogP contribution is -2.03. The highest BCUT2D eigenvalue weighted by Gasteiger charge is 2.19. The lowest BCUT2D eigenvalue weighted by atomic mass is 10.1. The number of carbonyl (C=O) groups is 1. The van der Waals surface area contributed by atoms with E-state index in [0.29, 0.717) is 5.56 Å². The molecule has 1 N–H and O–H groups in total. The minimum atomic E-state index is -0.378. The number of fused-ring (bicyclic) bond motifs is 1. The van der Waals surface area contributed by atoms with Gasteiger partial charge in [0.05, 0.1) is 12.7 Å². The minimum Gasteiger partial charge on any atom is -0.508 e. The third kappa shape index (κ3) is 1.56. The van der Waals surface area contributed by atoms with Crippen molar-refractivity contribution >= 4 is 16.9 Å². The zero-order chi connectivity index (χ0) is 12.7. The molecule has 0 saturated carbocycles. The highest BCUT2D eigenvalue weighted by Crippen LogP contribution is 2.30. The second kappa shape index (κ2) is 3.80. The fourth-order valence-corrected chi connectivity index (χ4v) is 2.06.